The fourth-order valence-corrected chi connectivity index (χ4v) is 3.43. The third-order valence-electron chi connectivity index (χ3n) is 3.93. The Bertz CT molecular complexity index is 956. The molecule has 0 aliphatic heterocycles. The smallest absolute Gasteiger partial charge is 0.196 e. The highest BCUT2D eigenvalue weighted by Gasteiger charge is 2.14. The van der Waals surface area contributed by atoms with Crippen molar-refractivity contribution in [1.82, 2.24) is 14.8 Å². The van der Waals surface area contributed by atoms with E-state index in [-0.39, 0.29) is 17.3 Å². The van der Waals surface area contributed by atoms with E-state index in [0.29, 0.717) is 10.7 Å². The zero-order valence-electron chi connectivity index (χ0n) is 14.7. The molecule has 0 saturated carbocycles. The van der Waals surface area contributed by atoms with Gasteiger partial charge in [0.25, 0.3) is 0 Å². The van der Waals surface area contributed by atoms with Crippen molar-refractivity contribution in [3.63, 3.8) is 0 Å². The van der Waals surface area contributed by atoms with Gasteiger partial charge in [0.1, 0.15) is 6.33 Å². The molecular formula is C19H18FN3O2S. The van der Waals surface area contributed by atoms with Gasteiger partial charge in [0.05, 0.1) is 18.6 Å². The van der Waals surface area contributed by atoms with Crippen LogP contribution in [0.2, 0.25) is 0 Å². The van der Waals surface area contributed by atoms with E-state index in [4.69, 9.17) is 4.74 Å². The SMILES string of the molecule is COc1ccc(C(=O)CSc2nncn2-c2ccc(C)cc2C)cc1F. The van der Waals surface area contributed by atoms with Crippen LogP contribution in [-0.2, 0) is 0 Å². The quantitative estimate of drug-likeness (QED) is 0.484. The number of hydrogen-bond acceptors (Lipinski definition) is 5. The van der Waals surface area contributed by atoms with Crippen LogP contribution in [0, 0.1) is 19.7 Å². The Labute approximate surface area is 155 Å². The highest BCUT2D eigenvalue weighted by molar-refractivity contribution is 7.99. The molecule has 0 spiro atoms. The van der Waals surface area contributed by atoms with Gasteiger partial charge in [0, 0.05) is 5.56 Å². The summed E-state index contributed by atoms with van der Waals surface area (Å²) in [5.41, 5.74) is 3.53. The first-order valence-electron chi connectivity index (χ1n) is 7.97. The molecule has 0 atom stereocenters. The molecule has 0 aliphatic rings. The van der Waals surface area contributed by atoms with Crippen LogP contribution in [-0.4, -0.2) is 33.4 Å². The molecule has 5 nitrogen and oxygen atoms in total. The lowest BCUT2D eigenvalue weighted by Gasteiger charge is -2.10. The van der Waals surface area contributed by atoms with Crippen molar-refractivity contribution in [2.75, 3.05) is 12.9 Å². The first-order valence-corrected chi connectivity index (χ1v) is 8.95. The maximum atomic E-state index is 13.8. The number of rotatable bonds is 6. The molecule has 134 valence electrons. The molecule has 0 N–H and O–H groups in total. The van der Waals surface area contributed by atoms with Crippen LogP contribution in [0.5, 0.6) is 5.75 Å². The van der Waals surface area contributed by atoms with Gasteiger partial charge in [-0.15, -0.1) is 10.2 Å². The zero-order valence-corrected chi connectivity index (χ0v) is 15.5. The Hall–Kier alpha value is -2.67. The van der Waals surface area contributed by atoms with E-state index in [2.05, 4.69) is 16.3 Å². The number of methoxy groups -OCH3 is 1. The van der Waals surface area contributed by atoms with E-state index in [1.807, 2.05) is 30.5 Å². The van der Waals surface area contributed by atoms with Crippen LogP contribution in [0.1, 0.15) is 21.5 Å². The summed E-state index contributed by atoms with van der Waals surface area (Å²) in [4.78, 5) is 12.4. The lowest BCUT2D eigenvalue weighted by molar-refractivity contribution is 0.102. The van der Waals surface area contributed by atoms with Gasteiger partial charge >= 0.3 is 0 Å². The fourth-order valence-electron chi connectivity index (χ4n) is 2.62. The van der Waals surface area contributed by atoms with Gasteiger partial charge in [-0.2, -0.15) is 0 Å². The van der Waals surface area contributed by atoms with E-state index in [1.54, 1.807) is 12.4 Å². The number of carbonyl (C=O) groups is 1. The number of hydrogen-bond donors (Lipinski definition) is 0. The van der Waals surface area contributed by atoms with E-state index in [9.17, 15) is 9.18 Å². The van der Waals surface area contributed by atoms with Gasteiger partial charge in [-0.1, -0.05) is 29.5 Å². The van der Waals surface area contributed by atoms with Gasteiger partial charge in [-0.05, 0) is 43.7 Å². The maximum absolute atomic E-state index is 13.8. The molecule has 2 aromatic carbocycles. The van der Waals surface area contributed by atoms with Gasteiger partial charge in [0.2, 0.25) is 0 Å². The summed E-state index contributed by atoms with van der Waals surface area (Å²) in [6.07, 6.45) is 1.62. The first kappa shape index (κ1) is 18.1. The first-order chi connectivity index (χ1) is 12.5. The maximum Gasteiger partial charge on any atom is 0.196 e. The Morgan fingerprint density at radius 3 is 2.73 bits per heavy atom. The van der Waals surface area contributed by atoms with Crippen molar-refractivity contribution < 1.29 is 13.9 Å². The monoisotopic (exact) mass is 371 g/mol. The lowest BCUT2D eigenvalue weighted by Crippen LogP contribution is -2.05. The second-order valence-electron chi connectivity index (χ2n) is 5.83. The van der Waals surface area contributed by atoms with Crippen molar-refractivity contribution in [2.24, 2.45) is 0 Å². The number of halogens is 1. The predicted octanol–water partition coefficient (Wildman–Crippen LogP) is 4.01. The Morgan fingerprint density at radius 2 is 2.04 bits per heavy atom. The van der Waals surface area contributed by atoms with E-state index >= 15 is 0 Å². The minimum atomic E-state index is -0.554. The highest BCUT2D eigenvalue weighted by Crippen LogP contribution is 2.24. The minimum absolute atomic E-state index is 0.115. The Kier molecular flexibility index (Phi) is 5.37. The van der Waals surface area contributed by atoms with Gasteiger partial charge in [-0.3, -0.25) is 9.36 Å². The Morgan fingerprint density at radius 1 is 1.23 bits per heavy atom. The number of aryl methyl sites for hydroxylation is 2. The number of ketones is 1. The number of carbonyl (C=O) groups excluding carboxylic acids is 1. The Balaban J connectivity index is 1.76. The van der Waals surface area contributed by atoms with E-state index < -0.39 is 5.82 Å². The molecule has 1 aromatic heterocycles. The van der Waals surface area contributed by atoms with Crippen LogP contribution in [0.15, 0.2) is 47.9 Å². The summed E-state index contributed by atoms with van der Waals surface area (Å²) in [7, 11) is 1.38. The molecule has 0 saturated heterocycles. The third kappa shape index (κ3) is 3.77. The lowest BCUT2D eigenvalue weighted by atomic mass is 10.1. The van der Waals surface area contributed by atoms with Crippen molar-refractivity contribution in [1.29, 1.82) is 0 Å². The molecule has 1 heterocycles. The number of ether oxygens (including phenoxy) is 1. The minimum Gasteiger partial charge on any atom is -0.494 e. The summed E-state index contributed by atoms with van der Waals surface area (Å²) in [5, 5.41) is 8.66. The molecule has 7 heteroatoms. The van der Waals surface area contributed by atoms with Crippen molar-refractivity contribution in [3.8, 4) is 11.4 Å². The molecule has 26 heavy (non-hydrogen) atoms. The molecular weight excluding hydrogens is 353 g/mol. The highest BCUT2D eigenvalue weighted by atomic mass is 32.2. The number of nitrogens with zero attached hydrogens (tertiary/aromatic N) is 3. The predicted molar refractivity (Wildman–Crippen MR) is 98.8 cm³/mol. The van der Waals surface area contributed by atoms with Crippen molar-refractivity contribution in [3.05, 3.63) is 65.2 Å². The molecule has 0 amide bonds. The number of benzene rings is 2. The van der Waals surface area contributed by atoms with Crippen molar-refractivity contribution >= 4 is 17.5 Å². The van der Waals surface area contributed by atoms with Crippen LogP contribution < -0.4 is 4.74 Å². The summed E-state index contributed by atoms with van der Waals surface area (Å²) < 4.78 is 20.5. The standard InChI is InChI=1S/C19H18FN3O2S/c1-12-4-6-16(13(2)8-12)23-11-21-22-19(23)26-10-17(24)14-5-7-18(25-3)15(20)9-14/h4-9,11H,10H2,1-3H3. The summed E-state index contributed by atoms with van der Waals surface area (Å²) >= 11 is 1.27. The molecule has 0 aliphatic carbocycles. The summed E-state index contributed by atoms with van der Waals surface area (Å²) in [6.45, 7) is 4.05. The normalized spacial score (nSPS) is 10.8. The van der Waals surface area contributed by atoms with Crippen LogP contribution in [0.3, 0.4) is 0 Å². The second-order valence-corrected chi connectivity index (χ2v) is 6.78. The summed E-state index contributed by atoms with van der Waals surface area (Å²) in [5.74, 6) is -0.493. The molecule has 3 rings (SSSR count). The molecule has 0 radical (unpaired) electrons. The number of thioether (sulfide) groups is 1. The van der Waals surface area contributed by atoms with Gasteiger partial charge in [-0.25, -0.2) is 4.39 Å². The van der Waals surface area contributed by atoms with Crippen LogP contribution in [0.4, 0.5) is 4.39 Å². The molecule has 0 fully saturated rings. The average Bonchev–Trinajstić information content (AvgIpc) is 3.07. The third-order valence-corrected chi connectivity index (χ3v) is 4.88. The van der Waals surface area contributed by atoms with Crippen LogP contribution >= 0.6 is 11.8 Å². The molecule has 3 aromatic rings. The van der Waals surface area contributed by atoms with E-state index in [1.165, 1.54) is 36.6 Å². The molecule has 0 bridgehead atoms. The van der Waals surface area contributed by atoms with Crippen molar-refractivity contribution in [2.45, 2.75) is 19.0 Å². The van der Waals surface area contributed by atoms with Gasteiger partial charge in [0.15, 0.2) is 22.5 Å². The molecule has 0 unspecified atom stereocenters. The topological polar surface area (TPSA) is 57.0 Å². The zero-order chi connectivity index (χ0) is 18.7. The van der Waals surface area contributed by atoms with Crippen LogP contribution in [0.25, 0.3) is 5.69 Å². The average molecular weight is 371 g/mol. The number of Topliss-reactive ketones (excluding diaryl/α,β-unsaturated/α-hetero) is 1. The van der Waals surface area contributed by atoms with Gasteiger partial charge < -0.3 is 4.74 Å². The van der Waals surface area contributed by atoms with E-state index in [0.717, 1.165) is 11.3 Å². The number of aromatic nitrogens is 3. The summed E-state index contributed by atoms with van der Waals surface area (Å²) in [6, 6.07) is 10.3. The largest absolute Gasteiger partial charge is 0.494 e. The second kappa shape index (κ2) is 7.70. The fraction of sp³-hybridized carbons (Fsp3) is 0.211.